The summed E-state index contributed by atoms with van der Waals surface area (Å²) in [5, 5.41) is 9.96. The molecule has 2 aromatic rings. The third-order valence-corrected chi connectivity index (χ3v) is 5.56. The maximum absolute atomic E-state index is 11.7. The van der Waals surface area contributed by atoms with Crippen LogP contribution in [0.2, 0.25) is 0 Å². The second-order valence-corrected chi connectivity index (χ2v) is 6.98. The number of rotatable bonds is 3. The molecule has 2 aromatic heterocycles. The summed E-state index contributed by atoms with van der Waals surface area (Å²) in [6, 6.07) is 0. The lowest BCUT2D eigenvalue weighted by molar-refractivity contribution is 0.591. The predicted octanol–water partition coefficient (Wildman–Crippen LogP) is -0.0758. The van der Waals surface area contributed by atoms with Crippen molar-refractivity contribution in [3.63, 3.8) is 0 Å². The molecule has 0 saturated carbocycles. The summed E-state index contributed by atoms with van der Waals surface area (Å²) < 4.78 is 23.5. The molecular weight excluding hydrogens is 268 g/mol. The van der Waals surface area contributed by atoms with Gasteiger partial charge in [-0.3, -0.25) is 5.10 Å². The number of fused-ring (bicyclic) bond motifs is 1. The topological polar surface area (TPSA) is 127 Å². The van der Waals surface area contributed by atoms with Gasteiger partial charge in [0.05, 0.1) is 22.6 Å². The first-order valence-electron chi connectivity index (χ1n) is 5.98. The molecule has 3 rings (SSSR count). The summed E-state index contributed by atoms with van der Waals surface area (Å²) in [6.07, 6.45) is 2.99. The molecule has 0 bridgehead atoms. The highest BCUT2D eigenvalue weighted by Gasteiger charge is 2.31. The zero-order valence-electron chi connectivity index (χ0n) is 10.1. The van der Waals surface area contributed by atoms with E-state index in [1.807, 2.05) is 0 Å². The first-order valence-corrected chi connectivity index (χ1v) is 7.70. The van der Waals surface area contributed by atoms with Crippen LogP contribution in [-0.4, -0.2) is 46.1 Å². The van der Waals surface area contributed by atoms with Crippen molar-refractivity contribution in [3.05, 3.63) is 6.20 Å². The van der Waals surface area contributed by atoms with Crippen LogP contribution in [0.25, 0.3) is 11.0 Å². The van der Waals surface area contributed by atoms with Gasteiger partial charge < -0.3 is 11.1 Å². The number of sulfone groups is 1. The van der Waals surface area contributed by atoms with Crippen LogP contribution in [0.4, 0.5) is 11.8 Å². The molecule has 0 radical (unpaired) electrons. The monoisotopic (exact) mass is 282 g/mol. The van der Waals surface area contributed by atoms with Crippen molar-refractivity contribution < 1.29 is 8.42 Å². The number of hydrogen-bond donors (Lipinski definition) is 3. The van der Waals surface area contributed by atoms with E-state index in [2.05, 4.69) is 25.5 Å². The molecule has 0 aliphatic carbocycles. The number of H-pyrrole nitrogens is 1. The highest BCUT2D eigenvalue weighted by Crippen LogP contribution is 2.23. The molecule has 1 saturated heterocycles. The minimum atomic E-state index is -2.97. The molecule has 19 heavy (non-hydrogen) atoms. The van der Waals surface area contributed by atoms with E-state index in [-0.39, 0.29) is 17.0 Å². The summed E-state index contributed by atoms with van der Waals surface area (Å²) in [5.41, 5.74) is 6.12. The highest BCUT2D eigenvalue weighted by atomic mass is 32.2. The molecule has 0 aromatic carbocycles. The quantitative estimate of drug-likeness (QED) is 0.718. The number of aromatic nitrogens is 4. The van der Waals surface area contributed by atoms with Crippen LogP contribution >= 0.6 is 0 Å². The normalized spacial score (nSPS) is 21.8. The standard InChI is InChI=1S/C10H14N6O2S/c11-10-14-8(7-5-13-16-9(7)15-10)12-4-6-2-1-3-19(6,17)18/h5-6H,1-4H2,(H4,11,12,13,14,15,16). The molecule has 1 atom stereocenters. The fraction of sp³-hybridized carbons (Fsp3) is 0.500. The van der Waals surface area contributed by atoms with Crippen LogP contribution in [0.15, 0.2) is 6.20 Å². The van der Waals surface area contributed by atoms with Crippen LogP contribution in [-0.2, 0) is 9.84 Å². The third-order valence-electron chi connectivity index (χ3n) is 3.29. The lowest BCUT2D eigenvalue weighted by atomic mass is 10.2. The van der Waals surface area contributed by atoms with Crippen molar-refractivity contribution in [1.29, 1.82) is 0 Å². The summed E-state index contributed by atoms with van der Waals surface area (Å²) in [7, 11) is -2.97. The Balaban J connectivity index is 1.84. The third kappa shape index (κ3) is 2.21. The van der Waals surface area contributed by atoms with E-state index in [0.717, 1.165) is 6.42 Å². The minimum absolute atomic E-state index is 0.119. The number of anilines is 2. The molecular formula is C10H14N6O2S. The van der Waals surface area contributed by atoms with Gasteiger partial charge in [-0.05, 0) is 12.8 Å². The average Bonchev–Trinajstić information content (AvgIpc) is 2.92. The number of nitrogen functional groups attached to an aromatic ring is 1. The Bertz CT molecular complexity index is 710. The van der Waals surface area contributed by atoms with Gasteiger partial charge in [-0.1, -0.05) is 0 Å². The zero-order valence-corrected chi connectivity index (χ0v) is 10.9. The SMILES string of the molecule is Nc1nc(NCC2CCCS2(=O)=O)c2cn[nH]c2n1. The second kappa shape index (κ2) is 4.34. The fourth-order valence-corrected chi connectivity index (χ4v) is 4.05. The van der Waals surface area contributed by atoms with Crippen molar-refractivity contribution in [2.24, 2.45) is 0 Å². The van der Waals surface area contributed by atoms with Gasteiger partial charge in [-0.25, -0.2) is 8.42 Å². The van der Waals surface area contributed by atoms with E-state index in [9.17, 15) is 8.42 Å². The van der Waals surface area contributed by atoms with Crippen molar-refractivity contribution in [1.82, 2.24) is 20.2 Å². The lowest BCUT2D eigenvalue weighted by Crippen LogP contribution is -2.25. The Morgan fingerprint density at radius 2 is 2.32 bits per heavy atom. The molecule has 102 valence electrons. The Labute approximate surface area is 109 Å². The summed E-state index contributed by atoms with van der Waals surface area (Å²) in [5.74, 6) is 0.902. The van der Waals surface area contributed by atoms with Crippen molar-refractivity contribution >= 4 is 32.6 Å². The van der Waals surface area contributed by atoms with E-state index >= 15 is 0 Å². The van der Waals surface area contributed by atoms with Crippen molar-refractivity contribution in [2.75, 3.05) is 23.3 Å². The molecule has 4 N–H and O–H groups in total. The zero-order chi connectivity index (χ0) is 13.5. The van der Waals surface area contributed by atoms with Crippen LogP contribution in [0, 0.1) is 0 Å². The Hall–Kier alpha value is -1.90. The van der Waals surface area contributed by atoms with Gasteiger partial charge in [0.25, 0.3) is 0 Å². The molecule has 1 unspecified atom stereocenters. The fourth-order valence-electron chi connectivity index (χ4n) is 2.28. The Morgan fingerprint density at radius 3 is 3.05 bits per heavy atom. The number of aromatic amines is 1. The largest absolute Gasteiger partial charge is 0.368 e. The van der Waals surface area contributed by atoms with Gasteiger partial charge in [-0.2, -0.15) is 15.1 Å². The molecule has 0 spiro atoms. The number of hydrogen-bond acceptors (Lipinski definition) is 7. The minimum Gasteiger partial charge on any atom is -0.368 e. The molecule has 1 aliphatic heterocycles. The average molecular weight is 282 g/mol. The second-order valence-electron chi connectivity index (χ2n) is 4.57. The van der Waals surface area contributed by atoms with Crippen LogP contribution in [0.5, 0.6) is 0 Å². The van der Waals surface area contributed by atoms with E-state index in [0.29, 0.717) is 29.8 Å². The molecule has 3 heterocycles. The van der Waals surface area contributed by atoms with E-state index < -0.39 is 9.84 Å². The van der Waals surface area contributed by atoms with Gasteiger partial charge >= 0.3 is 0 Å². The van der Waals surface area contributed by atoms with Crippen LogP contribution in [0.3, 0.4) is 0 Å². The maximum Gasteiger partial charge on any atom is 0.224 e. The highest BCUT2D eigenvalue weighted by molar-refractivity contribution is 7.92. The van der Waals surface area contributed by atoms with Gasteiger partial charge in [0.15, 0.2) is 15.5 Å². The van der Waals surface area contributed by atoms with E-state index in [1.54, 1.807) is 6.20 Å². The molecule has 1 aliphatic rings. The first kappa shape index (κ1) is 12.2. The number of nitrogens with two attached hydrogens (primary N) is 1. The Morgan fingerprint density at radius 1 is 1.47 bits per heavy atom. The number of nitrogens with one attached hydrogen (secondary N) is 2. The van der Waals surface area contributed by atoms with Crippen molar-refractivity contribution in [2.45, 2.75) is 18.1 Å². The van der Waals surface area contributed by atoms with Gasteiger partial charge in [0, 0.05) is 6.54 Å². The van der Waals surface area contributed by atoms with E-state index in [1.165, 1.54) is 0 Å². The summed E-state index contributed by atoms with van der Waals surface area (Å²) in [4.78, 5) is 8.08. The van der Waals surface area contributed by atoms with Gasteiger partial charge in [0.2, 0.25) is 5.95 Å². The summed E-state index contributed by atoms with van der Waals surface area (Å²) >= 11 is 0. The van der Waals surface area contributed by atoms with Crippen molar-refractivity contribution in [3.8, 4) is 0 Å². The number of nitrogens with zero attached hydrogens (tertiary/aromatic N) is 3. The molecule has 1 fully saturated rings. The van der Waals surface area contributed by atoms with Gasteiger partial charge in [0.1, 0.15) is 5.82 Å². The molecule has 9 heteroatoms. The van der Waals surface area contributed by atoms with E-state index in [4.69, 9.17) is 5.73 Å². The first-order chi connectivity index (χ1) is 9.06. The summed E-state index contributed by atoms with van der Waals surface area (Å²) in [6.45, 7) is 0.332. The molecule has 8 nitrogen and oxygen atoms in total. The lowest BCUT2D eigenvalue weighted by Gasteiger charge is -2.11. The Kier molecular flexibility index (Phi) is 2.77. The van der Waals surface area contributed by atoms with Crippen LogP contribution < -0.4 is 11.1 Å². The smallest absolute Gasteiger partial charge is 0.224 e. The predicted molar refractivity (Wildman–Crippen MR) is 71.4 cm³/mol. The molecule has 0 amide bonds. The maximum atomic E-state index is 11.7. The van der Waals surface area contributed by atoms with Crippen LogP contribution in [0.1, 0.15) is 12.8 Å². The van der Waals surface area contributed by atoms with Gasteiger partial charge in [-0.15, -0.1) is 0 Å².